The molecule has 0 bridgehead atoms. The molecule has 1 aliphatic rings. The molecule has 4 heterocycles. The lowest BCUT2D eigenvalue weighted by Crippen LogP contribution is -2.45. The zero-order valence-corrected chi connectivity index (χ0v) is 17.0. The van der Waals surface area contributed by atoms with Crippen molar-refractivity contribution in [1.29, 1.82) is 0 Å². The van der Waals surface area contributed by atoms with Crippen LogP contribution >= 0.6 is 0 Å². The van der Waals surface area contributed by atoms with E-state index in [0.717, 1.165) is 6.20 Å². The number of nitrogens with zero attached hydrogens (tertiary/aromatic N) is 7. The van der Waals surface area contributed by atoms with Crippen LogP contribution in [0.15, 0.2) is 36.8 Å². The van der Waals surface area contributed by atoms with Crippen LogP contribution in [-0.2, 0) is 6.18 Å². The zero-order chi connectivity index (χ0) is 22.7. The molecular formula is C19H19F3N8O2. The van der Waals surface area contributed by atoms with Gasteiger partial charge in [0, 0.05) is 37.6 Å². The minimum absolute atomic E-state index is 0.139. The van der Waals surface area contributed by atoms with E-state index in [9.17, 15) is 18.0 Å². The Bertz CT molecular complexity index is 1060. The van der Waals surface area contributed by atoms with Crippen molar-refractivity contribution in [3.63, 3.8) is 0 Å². The smallest absolute Gasteiger partial charge is 0.434 e. The van der Waals surface area contributed by atoms with Gasteiger partial charge in [0.05, 0.1) is 18.9 Å². The molecule has 13 heteroatoms. The van der Waals surface area contributed by atoms with E-state index in [0.29, 0.717) is 36.6 Å². The maximum absolute atomic E-state index is 13.8. The maximum atomic E-state index is 13.8. The minimum atomic E-state index is -4.83. The minimum Gasteiger partial charge on any atom is -0.480 e. The molecule has 0 unspecified atom stereocenters. The highest BCUT2D eigenvalue weighted by Crippen LogP contribution is 2.33. The van der Waals surface area contributed by atoms with Gasteiger partial charge in [0.2, 0.25) is 11.8 Å². The second kappa shape index (κ2) is 8.77. The Morgan fingerprint density at radius 1 is 1.16 bits per heavy atom. The Morgan fingerprint density at radius 2 is 1.88 bits per heavy atom. The quantitative estimate of drug-likeness (QED) is 0.630. The molecule has 10 nitrogen and oxygen atoms in total. The summed E-state index contributed by atoms with van der Waals surface area (Å²) in [5, 5.41) is 13.8. The second-order valence-corrected chi connectivity index (χ2v) is 7.03. The molecule has 1 amide bonds. The van der Waals surface area contributed by atoms with E-state index in [4.69, 9.17) is 4.74 Å². The van der Waals surface area contributed by atoms with Gasteiger partial charge in [-0.3, -0.25) is 4.79 Å². The van der Waals surface area contributed by atoms with Crippen LogP contribution in [0.1, 0.15) is 28.9 Å². The summed E-state index contributed by atoms with van der Waals surface area (Å²) in [6, 6.07) is 4.06. The summed E-state index contributed by atoms with van der Waals surface area (Å²) in [5.41, 5.74) is -1.80. The molecule has 0 saturated carbocycles. The highest BCUT2D eigenvalue weighted by molar-refractivity contribution is 5.95. The van der Waals surface area contributed by atoms with E-state index in [1.165, 1.54) is 19.2 Å². The van der Waals surface area contributed by atoms with Gasteiger partial charge in [-0.2, -0.15) is 18.3 Å². The van der Waals surface area contributed by atoms with Crippen molar-refractivity contribution < 1.29 is 22.7 Å². The van der Waals surface area contributed by atoms with Crippen LogP contribution in [0.4, 0.5) is 19.1 Å². The molecule has 168 valence electrons. The predicted molar refractivity (Wildman–Crippen MR) is 105 cm³/mol. The summed E-state index contributed by atoms with van der Waals surface area (Å²) in [4.78, 5) is 23.1. The highest BCUT2D eigenvalue weighted by atomic mass is 19.4. The number of aromatic nitrogens is 6. The first-order chi connectivity index (χ1) is 15.4. The monoisotopic (exact) mass is 448 g/mol. The molecule has 3 aromatic heterocycles. The maximum Gasteiger partial charge on any atom is 0.434 e. The van der Waals surface area contributed by atoms with Crippen molar-refractivity contribution in [1.82, 2.24) is 35.3 Å². The molecule has 0 aliphatic carbocycles. The number of piperidine rings is 1. The van der Waals surface area contributed by atoms with Crippen molar-refractivity contribution in [2.24, 2.45) is 0 Å². The van der Waals surface area contributed by atoms with Gasteiger partial charge in [-0.05, 0) is 25.0 Å². The topological polar surface area (TPSA) is 111 Å². The Hall–Kier alpha value is -3.77. The van der Waals surface area contributed by atoms with E-state index in [-0.39, 0.29) is 17.7 Å². The number of hydrogen-bond acceptors (Lipinski definition) is 8. The number of amides is 1. The van der Waals surface area contributed by atoms with E-state index < -0.39 is 23.3 Å². The SMILES string of the molecule is COc1ccc(-n2ncc(C(=O)NC3CCN(c4ncccn4)CC3)c2C(F)(F)F)nn1. The number of nitrogens with one attached hydrogen (secondary N) is 1. The third-order valence-electron chi connectivity index (χ3n) is 5.00. The Labute approximate surface area is 180 Å². The molecule has 0 atom stereocenters. The average molecular weight is 448 g/mol. The number of anilines is 1. The fraction of sp³-hybridized carbons (Fsp3) is 0.368. The van der Waals surface area contributed by atoms with Crippen LogP contribution in [0.2, 0.25) is 0 Å². The van der Waals surface area contributed by atoms with Gasteiger partial charge < -0.3 is 15.0 Å². The van der Waals surface area contributed by atoms with Gasteiger partial charge in [0.15, 0.2) is 11.5 Å². The number of rotatable bonds is 5. The van der Waals surface area contributed by atoms with E-state index >= 15 is 0 Å². The Kier molecular flexibility index (Phi) is 5.88. The average Bonchev–Trinajstić information content (AvgIpc) is 3.26. The summed E-state index contributed by atoms with van der Waals surface area (Å²) in [7, 11) is 1.36. The number of hydrogen-bond donors (Lipinski definition) is 1. The standard InChI is InChI=1S/C19H19F3N8O2/c1-32-15-4-3-14(27-28-15)30-16(19(20,21)22)13(11-25-30)17(31)26-12-5-9-29(10-6-12)18-23-7-2-8-24-18/h2-4,7-8,11-12H,5-6,9-10H2,1H3,(H,26,31). The van der Waals surface area contributed by atoms with Crippen LogP contribution in [0.5, 0.6) is 5.88 Å². The zero-order valence-electron chi connectivity index (χ0n) is 17.0. The molecule has 1 fully saturated rings. The van der Waals surface area contributed by atoms with E-state index in [2.05, 4.69) is 30.6 Å². The summed E-state index contributed by atoms with van der Waals surface area (Å²) in [6.07, 6.45) is 0.419. The molecular weight excluding hydrogens is 429 g/mol. The molecule has 3 aromatic rings. The second-order valence-electron chi connectivity index (χ2n) is 7.03. The fourth-order valence-corrected chi connectivity index (χ4v) is 3.44. The van der Waals surface area contributed by atoms with Gasteiger partial charge in [0.25, 0.3) is 5.91 Å². The van der Waals surface area contributed by atoms with Gasteiger partial charge in [0.1, 0.15) is 0 Å². The van der Waals surface area contributed by atoms with Gasteiger partial charge >= 0.3 is 6.18 Å². The normalized spacial score (nSPS) is 14.9. The summed E-state index contributed by atoms with van der Waals surface area (Å²) >= 11 is 0. The number of carbonyl (C=O) groups excluding carboxylic acids is 1. The molecule has 0 aromatic carbocycles. The number of carbonyl (C=O) groups is 1. The molecule has 1 saturated heterocycles. The lowest BCUT2D eigenvalue weighted by Gasteiger charge is -2.32. The van der Waals surface area contributed by atoms with Crippen molar-refractivity contribution in [3.8, 4) is 11.7 Å². The molecule has 1 N–H and O–H groups in total. The van der Waals surface area contributed by atoms with Crippen LogP contribution in [0.3, 0.4) is 0 Å². The first kappa shape index (κ1) is 21.5. The van der Waals surface area contributed by atoms with Gasteiger partial charge in [-0.15, -0.1) is 10.2 Å². The summed E-state index contributed by atoms with van der Waals surface area (Å²) in [5.74, 6) is -0.314. The molecule has 4 rings (SSSR count). The van der Waals surface area contributed by atoms with Gasteiger partial charge in [-0.1, -0.05) is 0 Å². The van der Waals surface area contributed by atoms with Crippen molar-refractivity contribution >= 4 is 11.9 Å². The van der Waals surface area contributed by atoms with Crippen molar-refractivity contribution in [2.75, 3.05) is 25.1 Å². The number of ether oxygens (including phenoxy) is 1. The number of methoxy groups -OCH3 is 1. The van der Waals surface area contributed by atoms with Crippen molar-refractivity contribution in [2.45, 2.75) is 25.1 Å². The molecule has 32 heavy (non-hydrogen) atoms. The number of halogens is 3. The third kappa shape index (κ3) is 4.45. The lowest BCUT2D eigenvalue weighted by molar-refractivity contribution is -0.143. The lowest BCUT2D eigenvalue weighted by atomic mass is 10.0. The predicted octanol–water partition coefficient (Wildman–Crippen LogP) is 1.88. The summed E-state index contributed by atoms with van der Waals surface area (Å²) in [6.45, 7) is 1.14. The van der Waals surface area contributed by atoms with E-state index in [1.807, 2.05) is 4.90 Å². The van der Waals surface area contributed by atoms with Crippen LogP contribution in [0.25, 0.3) is 5.82 Å². The van der Waals surface area contributed by atoms with Crippen LogP contribution < -0.4 is 15.0 Å². The molecule has 1 aliphatic heterocycles. The van der Waals surface area contributed by atoms with Crippen LogP contribution in [0, 0.1) is 0 Å². The Morgan fingerprint density at radius 3 is 2.47 bits per heavy atom. The van der Waals surface area contributed by atoms with Crippen molar-refractivity contribution in [3.05, 3.63) is 48.0 Å². The van der Waals surface area contributed by atoms with Crippen LogP contribution in [-0.4, -0.2) is 62.1 Å². The van der Waals surface area contributed by atoms with Gasteiger partial charge in [-0.25, -0.2) is 14.6 Å². The third-order valence-corrected chi connectivity index (χ3v) is 5.00. The fourth-order valence-electron chi connectivity index (χ4n) is 3.44. The summed E-state index contributed by atoms with van der Waals surface area (Å²) < 4.78 is 46.9. The van der Waals surface area contributed by atoms with E-state index in [1.54, 1.807) is 18.5 Å². The first-order valence-electron chi connectivity index (χ1n) is 9.73. The molecule has 0 spiro atoms. The number of alkyl halides is 3. The first-order valence-corrected chi connectivity index (χ1v) is 9.73. The highest BCUT2D eigenvalue weighted by Gasteiger charge is 2.41. The Balaban J connectivity index is 1.49. The molecule has 0 radical (unpaired) electrons. The largest absolute Gasteiger partial charge is 0.480 e.